The Morgan fingerprint density at radius 1 is 1.06 bits per heavy atom. The maximum atomic E-state index is 13.0. The van der Waals surface area contributed by atoms with Crippen LogP contribution in [0.2, 0.25) is 0 Å². The van der Waals surface area contributed by atoms with E-state index < -0.39 is 0 Å². The predicted molar refractivity (Wildman–Crippen MR) is 125 cm³/mol. The Morgan fingerprint density at radius 2 is 1.85 bits per heavy atom. The summed E-state index contributed by atoms with van der Waals surface area (Å²) in [5.41, 5.74) is 9.98. The van der Waals surface area contributed by atoms with Gasteiger partial charge in [-0.25, -0.2) is 19.6 Å². The number of fused-ring (bicyclic) bond motifs is 2. The average molecular weight is 445 g/mol. The van der Waals surface area contributed by atoms with Crippen LogP contribution in [0.25, 0.3) is 27.9 Å². The van der Waals surface area contributed by atoms with Crippen molar-refractivity contribution in [2.45, 2.75) is 26.2 Å². The molecule has 0 unspecified atom stereocenters. The van der Waals surface area contributed by atoms with Crippen LogP contribution < -0.4 is 11.1 Å². The van der Waals surface area contributed by atoms with Gasteiger partial charge in [0, 0.05) is 37.3 Å². The minimum atomic E-state index is -0.278. The van der Waals surface area contributed by atoms with E-state index in [1.807, 2.05) is 18.2 Å². The Morgan fingerprint density at radius 3 is 2.58 bits per heavy atom. The van der Waals surface area contributed by atoms with Gasteiger partial charge < -0.3 is 11.1 Å². The Kier molecular flexibility index (Phi) is 4.45. The van der Waals surface area contributed by atoms with Gasteiger partial charge in [0.15, 0.2) is 5.65 Å². The lowest BCUT2D eigenvalue weighted by Crippen LogP contribution is -2.16. The molecule has 0 saturated heterocycles. The highest BCUT2D eigenvalue weighted by atomic mass is 16.2. The minimum absolute atomic E-state index is 0.121. The molecule has 0 saturated carbocycles. The monoisotopic (exact) mass is 444 g/mol. The smallest absolute Gasteiger partial charge is 0.275 e. The van der Waals surface area contributed by atoms with E-state index in [0.29, 0.717) is 39.7 Å². The van der Waals surface area contributed by atoms with E-state index in [1.54, 1.807) is 40.3 Å². The van der Waals surface area contributed by atoms with Crippen LogP contribution in [0.4, 0.5) is 11.6 Å². The first-order chi connectivity index (χ1) is 15.6. The number of rotatable bonds is 3. The van der Waals surface area contributed by atoms with E-state index in [0.717, 1.165) is 11.3 Å². The molecular weight excluding hydrogens is 420 g/mol. The molecule has 0 aliphatic rings. The topological polar surface area (TPSA) is 134 Å². The second-order valence-electron chi connectivity index (χ2n) is 8.96. The third kappa shape index (κ3) is 3.37. The number of carbonyl (C=O) groups excluding carboxylic acids is 1. The number of nitrogens with one attached hydrogen (secondary N) is 1. The molecule has 0 aliphatic carbocycles. The van der Waals surface area contributed by atoms with E-state index in [1.165, 1.54) is 6.33 Å². The second-order valence-corrected chi connectivity index (χ2v) is 8.96. The van der Waals surface area contributed by atoms with Crippen molar-refractivity contribution in [2.24, 2.45) is 14.1 Å². The lowest BCUT2D eigenvalue weighted by atomic mass is 9.92. The van der Waals surface area contributed by atoms with E-state index in [9.17, 15) is 4.79 Å². The normalized spacial score (nSPS) is 12.0. The zero-order valence-corrected chi connectivity index (χ0v) is 19.0. The van der Waals surface area contributed by atoms with E-state index in [2.05, 4.69) is 51.2 Å². The molecule has 0 aliphatic heterocycles. The minimum Gasteiger partial charge on any atom is -0.383 e. The zero-order chi connectivity index (χ0) is 23.5. The van der Waals surface area contributed by atoms with Crippen LogP contribution in [0.1, 0.15) is 37.0 Å². The van der Waals surface area contributed by atoms with Crippen LogP contribution in [0, 0.1) is 0 Å². The van der Waals surface area contributed by atoms with Gasteiger partial charge in [-0.1, -0.05) is 20.8 Å². The standard InChI is InChI=1S/C22H24N10O/c1-22(2,3)14-9-16(30(4)28-14)27-21(33)13-10-24-15-8-12(6-7-32(13)15)18-17-19(23)25-11-26-20(17)31(5)29-18/h6-11H,1-5H3,(H,27,33)(H2,23,25,26). The molecule has 0 radical (unpaired) electrons. The number of pyridine rings is 1. The predicted octanol–water partition coefficient (Wildman–Crippen LogP) is 2.54. The molecule has 3 N–H and O–H groups in total. The van der Waals surface area contributed by atoms with Gasteiger partial charge in [-0.2, -0.15) is 10.2 Å². The van der Waals surface area contributed by atoms with E-state index in [-0.39, 0.29) is 11.3 Å². The van der Waals surface area contributed by atoms with E-state index >= 15 is 0 Å². The summed E-state index contributed by atoms with van der Waals surface area (Å²) in [5.74, 6) is 0.698. The molecule has 0 atom stereocenters. The number of nitrogen functional groups attached to an aromatic ring is 1. The van der Waals surface area contributed by atoms with Crippen molar-refractivity contribution in [2.75, 3.05) is 11.1 Å². The highest BCUT2D eigenvalue weighted by Gasteiger charge is 2.21. The first-order valence-corrected chi connectivity index (χ1v) is 10.4. The molecule has 5 rings (SSSR count). The van der Waals surface area contributed by atoms with Gasteiger partial charge in [0.1, 0.15) is 35.0 Å². The summed E-state index contributed by atoms with van der Waals surface area (Å²) in [6.07, 6.45) is 4.75. The van der Waals surface area contributed by atoms with Gasteiger partial charge in [0.05, 0.1) is 17.3 Å². The van der Waals surface area contributed by atoms with Crippen LogP contribution in [0.3, 0.4) is 0 Å². The number of anilines is 2. The van der Waals surface area contributed by atoms with Crippen LogP contribution in [0.5, 0.6) is 0 Å². The van der Waals surface area contributed by atoms with Gasteiger partial charge in [-0.3, -0.25) is 13.9 Å². The third-order valence-corrected chi connectivity index (χ3v) is 5.56. The highest BCUT2D eigenvalue weighted by molar-refractivity contribution is 6.03. The Bertz CT molecular complexity index is 1530. The number of nitrogens with two attached hydrogens (primary N) is 1. The summed E-state index contributed by atoms with van der Waals surface area (Å²) in [4.78, 5) is 25.8. The number of hydrogen-bond acceptors (Lipinski definition) is 7. The summed E-state index contributed by atoms with van der Waals surface area (Å²) >= 11 is 0. The van der Waals surface area contributed by atoms with Crippen molar-refractivity contribution in [3.8, 4) is 11.3 Å². The summed E-state index contributed by atoms with van der Waals surface area (Å²) in [5, 5.41) is 12.7. The lowest BCUT2D eigenvalue weighted by molar-refractivity contribution is 0.102. The second kappa shape index (κ2) is 7.12. The summed E-state index contributed by atoms with van der Waals surface area (Å²) in [6, 6.07) is 5.60. The van der Waals surface area contributed by atoms with Gasteiger partial charge in [0.2, 0.25) is 0 Å². The van der Waals surface area contributed by atoms with Crippen LogP contribution in [0.15, 0.2) is 36.9 Å². The third-order valence-electron chi connectivity index (χ3n) is 5.56. The van der Waals surface area contributed by atoms with Gasteiger partial charge in [-0.15, -0.1) is 0 Å². The number of nitrogens with zero attached hydrogens (tertiary/aromatic N) is 8. The molecule has 0 aromatic carbocycles. The zero-order valence-electron chi connectivity index (χ0n) is 19.0. The first-order valence-electron chi connectivity index (χ1n) is 10.4. The van der Waals surface area contributed by atoms with Gasteiger partial charge in [0.25, 0.3) is 5.91 Å². The molecule has 5 heterocycles. The molecule has 11 heteroatoms. The Balaban J connectivity index is 1.50. The maximum Gasteiger partial charge on any atom is 0.275 e. The quantitative estimate of drug-likeness (QED) is 0.437. The number of aromatic nitrogens is 8. The molecule has 33 heavy (non-hydrogen) atoms. The molecule has 1 amide bonds. The number of hydrogen-bond donors (Lipinski definition) is 2. The first kappa shape index (κ1) is 20.6. The van der Waals surface area contributed by atoms with E-state index in [4.69, 9.17) is 5.73 Å². The average Bonchev–Trinajstić information content (AvgIpc) is 3.44. The van der Waals surface area contributed by atoms with Crippen LogP contribution >= 0.6 is 0 Å². The van der Waals surface area contributed by atoms with Crippen molar-refractivity contribution in [1.82, 2.24) is 38.9 Å². The molecule has 0 fully saturated rings. The lowest BCUT2D eigenvalue weighted by Gasteiger charge is -2.13. The summed E-state index contributed by atoms with van der Waals surface area (Å²) in [6.45, 7) is 6.23. The number of carbonyl (C=O) groups is 1. The van der Waals surface area contributed by atoms with Crippen molar-refractivity contribution in [1.29, 1.82) is 0 Å². The molecule has 5 aromatic rings. The maximum absolute atomic E-state index is 13.0. The molecular formula is C22H24N10O. The van der Waals surface area contributed by atoms with Crippen molar-refractivity contribution >= 4 is 34.2 Å². The summed E-state index contributed by atoms with van der Waals surface area (Å²) in [7, 11) is 3.61. The number of imidazole rings is 1. The fourth-order valence-electron chi connectivity index (χ4n) is 3.74. The fraction of sp³-hybridized carbons (Fsp3) is 0.273. The molecule has 11 nitrogen and oxygen atoms in total. The largest absolute Gasteiger partial charge is 0.383 e. The van der Waals surface area contributed by atoms with Crippen molar-refractivity contribution in [3.05, 3.63) is 48.3 Å². The van der Waals surface area contributed by atoms with Gasteiger partial charge >= 0.3 is 0 Å². The molecule has 0 spiro atoms. The van der Waals surface area contributed by atoms with Crippen molar-refractivity contribution in [3.63, 3.8) is 0 Å². The fourth-order valence-corrected chi connectivity index (χ4v) is 3.74. The molecule has 168 valence electrons. The number of amides is 1. The molecule has 5 aromatic heterocycles. The Hall–Kier alpha value is -4.28. The molecule has 0 bridgehead atoms. The SMILES string of the molecule is Cn1nc(C(C)(C)C)cc1NC(=O)c1cnc2cc(-c3nn(C)c4ncnc(N)c34)ccn12. The van der Waals surface area contributed by atoms with Crippen LogP contribution in [-0.4, -0.2) is 44.8 Å². The van der Waals surface area contributed by atoms with Gasteiger partial charge in [-0.05, 0) is 12.1 Å². The highest BCUT2D eigenvalue weighted by Crippen LogP contribution is 2.30. The van der Waals surface area contributed by atoms with Crippen LogP contribution in [-0.2, 0) is 19.5 Å². The summed E-state index contributed by atoms with van der Waals surface area (Å²) < 4.78 is 5.06. The number of aryl methyl sites for hydroxylation is 2. The Labute approximate surface area is 189 Å². The van der Waals surface area contributed by atoms with Crippen molar-refractivity contribution < 1.29 is 4.79 Å².